The predicted molar refractivity (Wildman–Crippen MR) is 214 cm³/mol. The molecule has 0 unspecified atom stereocenters. The summed E-state index contributed by atoms with van der Waals surface area (Å²) in [6.45, 7) is 19.0. The summed E-state index contributed by atoms with van der Waals surface area (Å²) < 4.78 is 0. The molecule has 0 amide bonds. The van der Waals surface area contributed by atoms with E-state index >= 15 is 0 Å². The molecule has 0 heterocycles. The molecule has 0 saturated carbocycles. The fourth-order valence-electron chi connectivity index (χ4n) is 7.75. The van der Waals surface area contributed by atoms with E-state index < -0.39 is 0 Å². The van der Waals surface area contributed by atoms with Crippen molar-refractivity contribution in [1.82, 2.24) is 0 Å². The Morgan fingerprint density at radius 1 is 0.500 bits per heavy atom. The van der Waals surface area contributed by atoms with E-state index in [4.69, 9.17) is 0 Å². The van der Waals surface area contributed by atoms with E-state index in [1.165, 1.54) is 82.4 Å². The van der Waals surface area contributed by atoms with E-state index in [-0.39, 0.29) is 5.41 Å². The zero-order valence-electron chi connectivity index (χ0n) is 29.5. The molecule has 0 atom stereocenters. The first kappa shape index (κ1) is 32.7. The average Bonchev–Trinajstić information content (AvgIpc) is 3.39. The van der Waals surface area contributed by atoms with Gasteiger partial charge in [0, 0.05) is 5.41 Å². The van der Waals surface area contributed by atoms with Gasteiger partial charge in [-0.25, -0.2) is 0 Å². The van der Waals surface area contributed by atoms with Gasteiger partial charge < -0.3 is 0 Å². The van der Waals surface area contributed by atoms with Crippen LogP contribution in [0.5, 0.6) is 0 Å². The number of fused-ring (bicyclic) bond motifs is 7. The largest absolute Gasteiger partial charge is 0.0985 e. The minimum absolute atomic E-state index is 0.0692. The molecule has 0 nitrogen and oxygen atoms in total. The van der Waals surface area contributed by atoms with E-state index in [0.717, 1.165) is 5.57 Å². The van der Waals surface area contributed by atoms with Crippen LogP contribution < -0.4 is 0 Å². The van der Waals surface area contributed by atoms with Crippen molar-refractivity contribution in [3.8, 4) is 33.4 Å². The molecule has 7 aromatic carbocycles. The zero-order chi connectivity index (χ0) is 34.0. The van der Waals surface area contributed by atoms with Gasteiger partial charge in [-0.1, -0.05) is 176 Å². The van der Waals surface area contributed by atoms with Crippen molar-refractivity contribution in [2.24, 2.45) is 0 Å². The monoisotopic (exact) mass is 622 g/mol. The highest BCUT2D eigenvalue weighted by molar-refractivity contribution is 6.19. The molecule has 0 saturated heterocycles. The van der Waals surface area contributed by atoms with Gasteiger partial charge >= 0.3 is 0 Å². The van der Waals surface area contributed by atoms with Crippen molar-refractivity contribution in [1.29, 1.82) is 0 Å². The van der Waals surface area contributed by atoms with Gasteiger partial charge in [-0.15, -0.1) is 0 Å². The third-order valence-electron chi connectivity index (χ3n) is 9.80. The summed E-state index contributed by atoms with van der Waals surface area (Å²) in [6, 6.07) is 47.2. The molecule has 1 aliphatic rings. The molecule has 0 aromatic heterocycles. The van der Waals surface area contributed by atoms with Gasteiger partial charge in [0.15, 0.2) is 0 Å². The van der Waals surface area contributed by atoms with Gasteiger partial charge in [0.05, 0.1) is 0 Å². The summed E-state index contributed by atoms with van der Waals surface area (Å²) >= 11 is 0. The van der Waals surface area contributed by atoms with Crippen LogP contribution in [0.4, 0.5) is 0 Å². The topological polar surface area (TPSA) is 0 Å². The molecule has 0 bridgehead atoms. The molecule has 0 fully saturated rings. The number of hydrogen-bond acceptors (Lipinski definition) is 0. The van der Waals surface area contributed by atoms with Crippen LogP contribution >= 0.6 is 0 Å². The maximum atomic E-state index is 4.15. The second-order valence-electron chi connectivity index (χ2n) is 12.4. The summed E-state index contributed by atoms with van der Waals surface area (Å²) in [4.78, 5) is 0. The highest BCUT2D eigenvalue weighted by atomic mass is 14.4. The molecule has 0 spiro atoms. The minimum atomic E-state index is -0.0692. The van der Waals surface area contributed by atoms with Crippen LogP contribution in [0, 0.1) is 0 Å². The molecule has 8 rings (SSSR count). The van der Waals surface area contributed by atoms with E-state index in [9.17, 15) is 0 Å². The Balaban J connectivity index is 0.000000969. The van der Waals surface area contributed by atoms with Crippen LogP contribution in [-0.4, -0.2) is 0 Å². The van der Waals surface area contributed by atoms with Gasteiger partial charge in [0.25, 0.3) is 0 Å². The summed E-state index contributed by atoms with van der Waals surface area (Å²) in [5.41, 5.74) is 12.9. The lowest BCUT2D eigenvalue weighted by atomic mass is 9.80. The number of rotatable bonds is 4. The number of hydrogen-bond donors (Lipinski definition) is 0. The normalized spacial score (nSPS) is 12.9. The van der Waals surface area contributed by atoms with E-state index in [2.05, 4.69) is 161 Å². The first-order chi connectivity index (χ1) is 23.5. The fraction of sp³-hybridized carbons (Fsp3) is 0.167. The third kappa shape index (κ3) is 5.08. The zero-order valence-corrected chi connectivity index (χ0v) is 29.5. The maximum Gasteiger partial charge on any atom is 0.0159 e. The first-order valence-corrected chi connectivity index (χ1v) is 17.5. The second kappa shape index (κ2) is 13.5. The van der Waals surface area contributed by atoms with Crippen molar-refractivity contribution in [3.05, 3.63) is 163 Å². The molecule has 0 N–H and O–H groups in total. The fourth-order valence-corrected chi connectivity index (χ4v) is 7.75. The van der Waals surface area contributed by atoms with Crippen molar-refractivity contribution in [3.63, 3.8) is 0 Å². The van der Waals surface area contributed by atoms with Crippen LogP contribution in [0.2, 0.25) is 0 Å². The Kier molecular flexibility index (Phi) is 9.20. The highest BCUT2D eigenvalue weighted by Crippen LogP contribution is 2.53. The Hall–Kier alpha value is -5.20. The lowest BCUT2D eigenvalue weighted by Crippen LogP contribution is -2.15. The second-order valence-corrected chi connectivity index (χ2v) is 12.4. The van der Waals surface area contributed by atoms with Crippen LogP contribution in [0.1, 0.15) is 65.2 Å². The molecule has 1 aliphatic carbocycles. The predicted octanol–water partition coefficient (Wildman–Crippen LogP) is 14.4. The highest BCUT2D eigenvalue weighted by Gasteiger charge is 2.37. The number of allylic oxidation sites excluding steroid dienone is 3. The average molecular weight is 623 g/mol. The lowest BCUT2D eigenvalue weighted by Gasteiger charge is -2.23. The molecule has 48 heavy (non-hydrogen) atoms. The Morgan fingerprint density at radius 3 is 1.58 bits per heavy atom. The van der Waals surface area contributed by atoms with Gasteiger partial charge in [-0.05, 0) is 107 Å². The first-order valence-electron chi connectivity index (χ1n) is 17.5. The van der Waals surface area contributed by atoms with Crippen molar-refractivity contribution in [2.45, 2.75) is 53.9 Å². The Bertz CT molecular complexity index is 2270. The van der Waals surface area contributed by atoms with Crippen molar-refractivity contribution in [2.75, 3.05) is 0 Å². The summed E-state index contributed by atoms with van der Waals surface area (Å²) in [6.07, 6.45) is 4.15. The van der Waals surface area contributed by atoms with Gasteiger partial charge in [0.2, 0.25) is 0 Å². The van der Waals surface area contributed by atoms with Crippen molar-refractivity contribution < 1.29 is 0 Å². The molecular weight excluding hydrogens is 577 g/mol. The third-order valence-corrected chi connectivity index (χ3v) is 9.80. The quantitative estimate of drug-likeness (QED) is 0.135. The van der Waals surface area contributed by atoms with Gasteiger partial charge in [0.1, 0.15) is 0 Å². The summed E-state index contributed by atoms with van der Waals surface area (Å²) in [7, 11) is 0. The smallest absolute Gasteiger partial charge is 0.0159 e. The van der Waals surface area contributed by atoms with Crippen LogP contribution in [-0.2, 0) is 5.41 Å². The molecule has 0 heteroatoms. The van der Waals surface area contributed by atoms with E-state index in [0.29, 0.717) is 0 Å². The minimum Gasteiger partial charge on any atom is -0.0985 e. The Morgan fingerprint density at radius 2 is 1.00 bits per heavy atom. The molecular formula is C48H46. The lowest BCUT2D eigenvalue weighted by molar-refractivity contribution is 0.661. The molecule has 238 valence electrons. The maximum absolute atomic E-state index is 4.15. The number of benzene rings is 7. The van der Waals surface area contributed by atoms with Crippen LogP contribution in [0.3, 0.4) is 0 Å². The van der Waals surface area contributed by atoms with Gasteiger partial charge in [-0.3, -0.25) is 0 Å². The Labute approximate surface area is 287 Å². The standard InChI is InChI=1S/C44H34.2C2H6/c1-5-28(6-2)41-33-20-9-11-22-35(33)42(36-23-12-10-21-34(36)41)30-17-15-16-29(26-30)38-27-40-43(32-19-8-7-18-31(32)38)37-24-13-14-25-39(37)44(40,3)4;2*1-2/h5-27H,1H2,2-4H3;2*1-2H3/b28-6+;;. The van der Waals surface area contributed by atoms with E-state index in [1.54, 1.807) is 0 Å². The van der Waals surface area contributed by atoms with Gasteiger partial charge in [-0.2, -0.15) is 0 Å². The SMILES string of the molecule is C=C/C(=C\C)c1c2ccccc2c(-c2cccc(-c3cc4c(c5ccccc35)-c3ccccc3C4(C)C)c2)c2ccccc12.CC.CC. The summed E-state index contributed by atoms with van der Waals surface area (Å²) in [5, 5.41) is 7.64. The molecule has 0 radical (unpaired) electrons. The van der Waals surface area contributed by atoms with E-state index in [1.807, 2.05) is 33.8 Å². The van der Waals surface area contributed by atoms with Crippen LogP contribution in [0.25, 0.3) is 71.3 Å². The van der Waals surface area contributed by atoms with Crippen molar-refractivity contribution >= 4 is 37.9 Å². The molecule has 0 aliphatic heterocycles. The summed E-state index contributed by atoms with van der Waals surface area (Å²) in [5.74, 6) is 0. The van der Waals surface area contributed by atoms with Crippen LogP contribution in [0.15, 0.2) is 146 Å². The molecule has 7 aromatic rings.